The third kappa shape index (κ3) is 7.04. The van der Waals surface area contributed by atoms with E-state index in [1.807, 2.05) is 34.4 Å². The smallest absolute Gasteiger partial charge is 0.341 e. The van der Waals surface area contributed by atoms with Gasteiger partial charge in [-0.25, -0.2) is 9.18 Å². The number of hydrogen-bond donors (Lipinski definition) is 1. The predicted molar refractivity (Wildman–Crippen MR) is 150 cm³/mol. The van der Waals surface area contributed by atoms with E-state index in [1.165, 1.54) is 46.6 Å². The summed E-state index contributed by atoms with van der Waals surface area (Å²) in [4.78, 5) is 26.6. The van der Waals surface area contributed by atoms with E-state index in [2.05, 4.69) is 15.5 Å². The molecule has 0 saturated heterocycles. The summed E-state index contributed by atoms with van der Waals surface area (Å²) in [6, 6.07) is 9.76. The maximum Gasteiger partial charge on any atom is 0.341 e. The number of para-hydroxylation sites is 1. The highest BCUT2D eigenvalue weighted by Crippen LogP contribution is 2.38. The third-order valence-electron chi connectivity index (χ3n) is 5.42. The first-order valence-electron chi connectivity index (χ1n) is 12.0. The van der Waals surface area contributed by atoms with Crippen LogP contribution in [0, 0.1) is 5.82 Å². The Hall–Kier alpha value is -3.26. The highest BCUT2D eigenvalue weighted by Gasteiger charge is 2.24. The van der Waals surface area contributed by atoms with Crippen molar-refractivity contribution in [2.24, 2.45) is 0 Å². The second-order valence-corrected chi connectivity index (χ2v) is 11.0. The summed E-state index contributed by atoms with van der Waals surface area (Å²) in [7, 11) is 1.59. The number of thioether (sulfide) groups is 1. The van der Waals surface area contributed by atoms with Crippen LogP contribution in [0.4, 0.5) is 9.39 Å². The number of carbonyl (C=O) groups is 2. The molecule has 0 aliphatic heterocycles. The van der Waals surface area contributed by atoms with Gasteiger partial charge < -0.3 is 19.5 Å². The Kier molecular flexibility index (Phi) is 10.1. The number of methoxy groups -OCH3 is 1. The van der Waals surface area contributed by atoms with E-state index >= 15 is 0 Å². The van der Waals surface area contributed by atoms with Gasteiger partial charge in [-0.05, 0) is 37.4 Å². The number of benzene rings is 1. The van der Waals surface area contributed by atoms with Crippen molar-refractivity contribution in [3.63, 3.8) is 0 Å². The van der Waals surface area contributed by atoms with Gasteiger partial charge in [0.1, 0.15) is 17.2 Å². The molecule has 0 fully saturated rings. The van der Waals surface area contributed by atoms with Gasteiger partial charge in [0.2, 0.25) is 5.91 Å². The molecule has 1 atom stereocenters. The van der Waals surface area contributed by atoms with E-state index in [0.717, 1.165) is 10.4 Å². The lowest BCUT2D eigenvalue weighted by atomic mass is 10.1. The number of rotatable bonds is 13. The fourth-order valence-electron chi connectivity index (χ4n) is 3.73. The fourth-order valence-corrected chi connectivity index (χ4v) is 6.37. The van der Waals surface area contributed by atoms with Crippen LogP contribution >= 0.6 is 34.4 Å². The van der Waals surface area contributed by atoms with Crippen LogP contribution < -0.4 is 10.1 Å². The molecule has 206 valence electrons. The molecule has 0 aliphatic carbocycles. The monoisotopic (exact) mass is 590 g/mol. The van der Waals surface area contributed by atoms with Crippen molar-refractivity contribution in [2.45, 2.75) is 31.7 Å². The summed E-state index contributed by atoms with van der Waals surface area (Å²) in [5.41, 5.74) is 1.07. The Balaban J connectivity index is 1.48. The van der Waals surface area contributed by atoms with Gasteiger partial charge in [0.05, 0.1) is 25.0 Å². The molecular weight excluding hydrogens is 564 g/mol. The first-order valence-corrected chi connectivity index (χ1v) is 14.7. The van der Waals surface area contributed by atoms with Gasteiger partial charge in [-0.2, -0.15) is 0 Å². The van der Waals surface area contributed by atoms with E-state index in [4.69, 9.17) is 14.2 Å². The minimum absolute atomic E-state index is 0.0144. The van der Waals surface area contributed by atoms with Crippen molar-refractivity contribution in [1.82, 2.24) is 14.8 Å². The number of hydrogen-bond acceptors (Lipinski definition) is 10. The van der Waals surface area contributed by atoms with Crippen LogP contribution in [-0.4, -0.2) is 52.7 Å². The number of nitrogens with zero attached hydrogens (tertiary/aromatic N) is 3. The molecule has 4 rings (SSSR count). The molecule has 0 spiro atoms. The molecular formula is C26H27FN4O5S3. The average Bonchev–Trinajstić information content (AvgIpc) is 3.67. The molecule has 0 unspecified atom stereocenters. The number of ether oxygens (including phenoxy) is 3. The van der Waals surface area contributed by atoms with Crippen LogP contribution in [0.3, 0.4) is 0 Å². The number of nitrogens with one attached hydrogen (secondary N) is 1. The van der Waals surface area contributed by atoms with Crippen LogP contribution in [0.1, 0.15) is 36.1 Å². The van der Waals surface area contributed by atoms with Crippen molar-refractivity contribution < 1.29 is 28.2 Å². The van der Waals surface area contributed by atoms with Gasteiger partial charge in [-0.1, -0.05) is 30.0 Å². The summed E-state index contributed by atoms with van der Waals surface area (Å²) >= 11 is 3.96. The van der Waals surface area contributed by atoms with Crippen LogP contribution in [-0.2, 0) is 20.9 Å². The molecule has 39 heavy (non-hydrogen) atoms. The number of thiophene rings is 2. The highest BCUT2D eigenvalue weighted by molar-refractivity contribution is 7.99. The topological polar surface area (TPSA) is 105 Å². The van der Waals surface area contributed by atoms with E-state index in [1.54, 1.807) is 26.2 Å². The zero-order valence-electron chi connectivity index (χ0n) is 21.5. The summed E-state index contributed by atoms with van der Waals surface area (Å²) < 4.78 is 32.0. The Labute approximate surface area is 237 Å². The normalized spacial score (nSPS) is 11.8. The Morgan fingerprint density at radius 3 is 2.72 bits per heavy atom. The Bertz CT molecular complexity index is 1410. The van der Waals surface area contributed by atoms with Crippen LogP contribution in [0.25, 0.3) is 10.4 Å². The van der Waals surface area contributed by atoms with Crippen molar-refractivity contribution in [3.05, 3.63) is 64.4 Å². The van der Waals surface area contributed by atoms with Gasteiger partial charge >= 0.3 is 5.97 Å². The second kappa shape index (κ2) is 13.7. The highest BCUT2D eigenvalue weighted by atomic mass is 32.2. The fraction of sp³-hybridized carbons (Fsp3) is 0.308. The quantitative estimate of drug-likeness (QED) is 0.152. The van der Waals surface area contributed by atoms with Gasteiger partial charge in [0, 0.05) is 22.9 Å². The molecule has 3 aromatic heterocycles. The van der Waals surface area contributed by atoms with E-state index in [9.17, 15) is 14.0 Å². The lowest BCUT2D eigenvalue weighted by molar-refractivity contribution is -0.113. The molecule has 13 heteroatoms. The number of esters is 1. The molecule has 0 radical (unpaired) electrons. The summed E-state index contributed by atoms with van der Waals surface area (Å²) in [5.74, 6) is -0.691. The Morgan fingerprint density at radius 2 is 2.00 bits per heavy atom. The van der Waals surface area contributed by atoms with Gasteiger partial charge in [-0.3, -0.25) is 9.36 Å². The molecule has 1 amide bonds. The number of amides is 1. The summed E-state index contributed by atoms with van der Waals surface area (Å²) in [6.45, 7) is 4.24. The molecule has 1 N–H and O–H groups in total. The molecule has 4 aromatic rings. The van der Waals surface area contributed by atoms with E-state index < -0.39 is 11.8 Å². The maximum atomic E-state index is 14.0. The SMILES string of the molecule is CCOC(=O)c1c(-c2cccs2)csc1NC(=O)CSc1nnc(COc2ccccc2F)n1[C@H](C)COC. The molecule has 0 saturated carbocycles. The standard InChI is InChI=1S/C26H27FN4O5S3/c1-4-35-25(33)23-17(20-10-7-11-37-20)14-38-24(23)28-22(32)15-39-26-30-29-21(31(26)16(2)12-34-3)13-36-19-9-6-5-8-18(19)27/h5-11,14,16H,4,12-13,15H2,1-3H3,(H,28,32)/t16-/m1/s1. The minimum Gasteiger partial charge on any atom is -0.483 e. The van der Waals surface area contributed by atoms with Crippen LogP contribution in [0.5, 0.6) is 5.75 Å². The second-order valence-electron chi connectivity index (χ2n) is 8.18. The number of anilines is 1. The number of halogens is 1. The van der Waals surface area contributed by atoms with Crippen LogP contribution in [0.15, 0.2) is 52.3 Å². The first kappa shape index (κ1) is 28.7. The lowest BCUT2D eigenvalue weighted by Gasteiger charge is -2.17. The average molecular weight is 591 g/mol. The van der Waals surface area contributed by atoms with E-state index in [0.29, 0.717) is 28.2 Å². The summed E-state index contributed by atoms with van der Waals surface area (Å²) in [6.07, 6.45) is 0. The van der Waals surface area contributed by atoms with E-state index in [-0.39, 0.29) is 36.7 Å². The van der Waals surface area contributed by atoms with Crippen molar-refractivity contribution in [3.8, 4) is 16.2 Å². The molecule has 1 aromatic carbocycles. The molecule has 0 bridgehead atoms. The zero-order valence-corrected chi connectivity index (χ0v) is 24.0. The lowest BCUT2D eigenvalue weighted by Crippen LogP contribution is -2.19. The molecule has 0 aliphatic rings. The predicted octanol–water partition coefficient (Wildman–Crippen LogP) is 5.90. The van der Waals surface area contributed by atoms with Crippen LogP contribution in [0.2, 0.25) is 0 Å². The van der Waals surface area contributed by atoms with Crippen molar-refractivity contribution in [2.75, 3.05) is 31.4 Å². The molecule has 9 nitrogen and oxygen atoms in total. The minimum atomic E-state index is -0.488. The number of carbonyl (C=O) groups excluding carboxylic acids is 2. The first-order chi connectivity index (χ1) is 18.9. The molecule has 3 heterocycles. The Morgan fingerprint density at radius 1 is 1.18 bits per heavy atom. The maximum absolute atomic E-state index is 14.0. The van der Waals surface area contributed by atoms with Gasteiger partial charge in [0.25, 0.3) is 0 Å². The van der Waals surface area contributed by atoms with Crippen molar-refractivity contribution >= 4 is 51.3 Å². The van der Waals surface area contributed by atoms with Gasteiger partial charge in [-0.15, -0.1) is 32.9 Å². The summed E-state index contributed by atoms with van der Waals surface area (Å²) in [5, 5.41) is 16.0. The van der Waals surface area contributed by atoms with Gasteiger partial charge in [0.15, 0.2) is 22.5 Å². The zero-order chi connectivity index (χ0) is 27.8. The third-order valence-corrected chi connectivity index (χ3v) is 8.16. The number of aromatic nitrogens is 3. The largest absolute Gasteiger partial charge is 0.483 e. The van der Waals surface area contributed by atoms with Crippen molar-refractivity contribution in [1.29, 1.82) is 0 Å².